The Hall–Kier alpha value is -3.34. The van der Waals surface area contributed by atoms with E-state index < -0.39 is 11.9 Å². The molecule has 3 saturated heterocycles. The van der Waals surface area contributed by atoms with E-state index in [0.717, 1.165) is 37.2 Å². The molecule has 2 aromatic rings. The maximum absolute atomic E-state index is 13.9. The number of rotatable bonds is 7. The third-order valence-corrected chi connectivity index (χ3v) is 10.8. The Balaban J connectivity index is 1.09. The summed E-state index contributed by atoms with van der Waals surface area (Å²) in [6.07, 6.45) is 6.58. The highest BCUT2D eigenvalue weighted by Gasteiger charge is 2.36. The first-order valence-electron chi connectivity index (χ1n) is 16.5. The second-order valence-corrected chi connectivity index (χ2v) is 13.6. The number of urea groups is 1. The molecule has 4 aliphatic rings. The van der Waals surface area contributed by atoms with Gasteiger partial charge in [0.15, 0.2) is 0 Å². The Bertz CT molecular complexity index is 1450. The van der Waals surface area contributed by atoms with E-state index in [4.69, 9.17) is 23.2 Å². The number of amides is 5. The highest BCUT2D eigenvalue weighted by atomic mass is 35.5. The van der Waals surface area contributed by atoms with Crippen molar-refractivity contribution in [2.75, 3.05) is 44.6 Å². The van der Waals surface area contributed by atoms with Gasteiger partial charge in [0.1, 0.15) is 6.04 Å². The number of piperidine rings is 3. The first-order valence-corrected chi connectivity index (χ1v) is 17.2. The molecule has 246 valence electrons. The van der Waals surface area contributed by atoms with Gasteiger partial charge in [-0.2, -0.15) is 0 Å². The highest BCUT2D eigenvalue weighted by Crippen LogP contribution is 2.29. The van der Waals surface area contributed by atoms with Crippen molar-refractivity contribution in [3.8, 4) is 0 Å². The lowest BCUT2D eigenvalue weighted by atomic mass is 9.98. The van der Waals surface area contributed by atoms with Crippen molar-refractivity contribution in [3.63, 3.8) is 0 Å². The summed E-state index contributed by atoms with van der Waals surface area (Å²) in [6.45, 7) is 4.85. The van der Waals surface area contributed by atoms with Crippen LogP contribution in [0, 0.1) is 0 Å². The lowest BCUT2D eigenvalue weighted by molar-refractivity contribution is -0.140. The minimum Gasteiger partial charge on any atom is -0.342 e. The fourth-order valence-corrected chi connectivity index (χ4v) is 7.70. The number of halogens is 2. The van der Waals surface area contributed by atoms with Crippen LogP contribution in [0.15, 0.2) is 42.5 Å². The van der Waals surface area contributed by atoms with Crippen LogP contribution in [-0.2, 0) is 16.1 Å². The van der Waals surface area contributed by atoms with E-state index in [1.807, 2.05) is 29.2 Å². The van der Waals surface area contributed by atoms with Gasteiger partial charge in [-0.25, -0.2) is 4.79 Å². The number of para-hydroxylation sites is 1. The summed E-state index contributed by atoms with van der Waals surface area (Å²) >= 11 is 12.5. The van der Waals surface area contributed by atoms with Crippen LogP contribution in [0.4, 0.5) is 10.5 Å². The second kappa shape index (κ2) is 14.6. The van der Waals surface area contributed by atoms with Crippen LogP contribution < -0.4 is 10.6 Å². The molecule has 5 amide bonds. The minimum absolute atomic E-state index is 0.000656. The third-order valence-electron chi connectivity index (χ3n) is 9.98. The normalized spacial score (nSPS) is 20.6. The zero-order chi connectivity index (χ0) is 32.2. The molecule has 1 atom stereocenters. The zero-order valence-corrected chi connectivity index (χ0v) is 27.6. The maximum Gasteiger partial charge on any atom is 0.322 e. The zero-order valence-electron chi connectivity index (χ0n) is 26.1. The standard InChI is InChI=1S/C34H42Cl2N6O4/c35-27-9-6-8-26(31(27)36)32(44)37-29(33(45)41-19-11-24(12-20-41)39-15-4-1-5-16-39)21-30(43)40-17-13-25(14-18-40)42-22-23-7-2-3-10-28(23)38-34(42)46/h2-3,6-10,24-25,29H,1,4-5,11-22H2,(H,37,44)(H,38,46)/t29-/m0/s1. The van der Waals surface area contributed by atoms with E-state index in [1.54, 1.807) is 28.0 Å². The van der Waals surface area contributed by atoms with Crippen LogP contribution in [0.3, 0.4) is 0 Å². The van der Waals surface area contributed by atoms with Crippen molar-refractivity contribution in [3.05, 3.63) is 63.6 Å². The van der Waals surface area contributed by atoms with E-state index in [1.165, 1.54) is 19.3 Å². The molecule has 0 aliphatic carbocycles. The van der Waals surface area contributed by atoms with Crippen LogP contribution in [0.25, 0.3) is 0 Å². The maximum atomic E-state index is 13.9. The first kappa shape index (κ1) is 32.6. The Morgan fingerprint density at radius 2 is 1.50 bits per heavy atom. The van der Waals surface area contributed by atoms with E-state index in [9.17, 15) is 19.2 Å². The molecule has 0 radical (unpaired) electrons. The number of anilines is 1. The monoisotopic (exact) mass is 668 g/mol. The largest absolute Gasteiger partial charge is 0.342 e. The van der Waals surface area contributed by atoms with Crippen molar-refractivity contribution in [2.45, 2.75) is 76.0 Å². The predicted molar refractivity (Wildman–Crippen MR) is 178 cm³/mol. The fourth-order valence-electron chi connectivity index (χ4n) is 7.32. The third kappa shape index (κ3) is 7.29. The number of nitrogens with zero attached hydrogens (tertiary/aromatic N) is 4. The van der Waals surface area contributed by atoms with Gasteiger partial charge >= 0.3 is 6.03 Å². The molecule has 6 rings (SSSR count). The van der Waals surface area contributed by atoms with Gasteiger partial charge in [-0.15, -0.1) is 0 Å². The van der Waals surface area contributed by atoms with Gasteiger partial charge in [0, 0.05) is 50.5 Å². The van der Waals surface area contributed by atoms with Gasteiger partial charge < -0.3 is 30.2 Å². The van der Waals surface area contributed by atoms with Gasteiger partial charge in [-0.1, -0.05) is 53.9 Å². The quantitative estimate of drug-likeness (QED) is 0.432. The van der Waals surface area contributed by atoms with Crippen LogP contribution in [0.5, 0.6) is 0 Å². The van der Waals surface area contributed by atoms with E-state index in [-0.39, 0.29) is 45.9 Å². The number of hydrogen-bond donors (Lipinski definition) is 2. The molecule has 0 bridgehead atoms. The summed E-state index contributed by atoms with van der Waals surface area (Å²) in [7, 11) is 0. The first-order chi connectivity index (χ1) is 22.3. The molecule has 0 aromatic heterocycles. The lowest BCUT2D eigenvalue weighted by Crippen LogP contribution is -2.55. The number of likely N-dealkylation sites (tertiary alicyclic amines) is 3. The lowest BCUT2D eigenvalue weighted by Gasteiger charge is -2.41. The summed E-state index contributed by atoms with van der Waals surface area (Å²) in [5.41, 5.74) is 2.06. The van der Waals surface area contributed by atoms with Crippen LogP contribution in [0.2, 0.25) is 10.0 Å². The number of nitrogens with one attached hydrogen (secondary N) is 2. The van der Waals surface area contributed by atoms with Crippen molar-refractivity contribution in [2.24, 2.45) is 0 Å². The molecule has 3 fully saturated rings. The second-order valence-electron chi connectivity index (χ2n) is 12.8. The van der Waals surface area contributed by atoms with E-state index in [0.29, 0.717) is 51.6 Å². The molecule has 2 aromatic carbocycles. The van der Waals surface area contributed by atoms with Crippen LogP contribution in [0.1, 0.15) is 67.3 Å². The summed E-state index contributed by atoms with van der Waals surface area (Å²) < 4.78 is 0. The average molecular weight is 670 g/mol. The highest BCUT2D eigenvalue weighted by molar-refractivity contribution is 6.43. The fraction of sp³-hybridized carbons (Fsp3) is 0.529. The number of hydrogen-bond acceptors (Lipinski definition) is 5. The summed E-state index contributed by atoms with van der Waals surface area (Å²) in [6, 6.07) is 11.8. The van der Waals surface area contributed by atoms with E-state index in [2.05, 4.69) is 15.5 Å². The SMILES string of the molecule is O=C(N[C@@H](CC(=O)N1CCC(N2Cc3ccccc3NC2=O)CC1)C(=O)N1CCC(N2CCCCC2)CC1)c1cccc(Cl)c1Cl. The Kier molecular flexibility index (Phi) is 10.4. The van der Waals surface area contributed by atoms with Crippen molar-refractivity contribution >= 4 is 52.6 Å². The van der Waals surface area contributed by atoms with Gasteiger partial charge in [0.25, 0.3) is 5.91 Å². The smallest absolute Gasteiger partial charge is 0.322 e. The number of carbonyl (C=O) groups is 4. The van der Waals surface area contributed by atoms with Gasteiger partial charge in [0.05, 0.1) is 22.0 Å². The van der Waals surface area contributed by atoms with Crippen LogP contribution in [-0.4, -0.2) is 101 Å². The molecule has 46 heavy (non-hydrogen) atoms. The Labute approximate surface area is 280 Å². The average Bonchev–Trinajstić information content (AvgIpc) is 3.09. The van der Waals surface area contributed by atoms with Gasteiger partial charge in [-0.3, -0.25) is 14.4 Å². The van der Waals surface area contributed by atoms with Gasteiger partial charge in [0.2, 0.25) is 11.8 Å². The van der Waals surface area contributed by atoms with Crippen molar-refractivity contribution < 1.29 is 19.2 Å². The van der Waals surface area contributed by atoms with E-state index >= 15 is 0 Å². The molecule has 0 spiro atoms. The molecule has 10 nitrogen and oxygen atoms in total. The number of fused-ring (bicyclic) bond motifs is 1. The van der Waals surface area contributed by atoms with Crippen molar-refractivity contribution in [1.29, 1.82) is 0 Å². The number of carbonyl (C=O) groups excluding carboxylic acids is 4. The summed E-state index contributed by atoms with van der Waals surface area (Å²) in [5.74, 6) is -1.00. The minimum atomic E-state index is -1.04. The van der Waals surface area contributed by atoms with Crippen molar-refractivity contribution in [1.82, 2.24) is 24.9 Å². The van der Waals surface area contributed by atoms with Gasteiger partial charge in [-0.05, 0) is 75.4 Å². The Morgan fingerprint density at radius 3 is 2.24 bits per heavy atom. The topological polar surface area (TPSA) is 105 Å². The Morgan fingerprint density at radius 1 is 0.826 bits per heavy atom. The number of benzene rings is 2. The molecule has 4 aliphatic heterocycles. The van der Waals surface area contributed by atoms with Crippen LogP contribution >= 0.6 is 23.2 Å². The molecule has 12 heteroatoms. The summed E-state index contributed by atoms with van der Waals surface area (Å²) in [4.78, 5) is 61.7. The summed E-state index contributed by atoms with van der Waals surface area (Å²) in [5, 5.41) is 6.14. The molecular formula is C34H42Cl2N6O4. The molecule has 4 heterocycles. The molecule has 2 N–H and O–H groups in total. The predicted octanol–water partition coefficient (Wildman–Crippen LogP) is 5.00. The molecular weight excluding hydrogens is 627 g/mol. The molecule has 0 unspecified atom stereocenters. The molecule has 0 saturated carbocycles.